The van der Waals surface area contributed by atoms with Gasteiger partial charge in [-0.2, -0.15) is 0 Å². The molecule has 0 aromatic heterocycles. The van der Waals surface area contributed by atoms with Gasteiger partial charge in [-0.3, -0.25) is 4.79 Å². The maximum Gasteiger partial charge on any atom is 0.227 e. The Morgan fingerprint density at radius 1 is 1.22 bits per heavy atom. The number of carbonyl (C=O) groups is 1. The van der Waals surface area contributed by atoms with Crippen molar-refractivity contribution < 1.29 is 14.3 Å². The van der Waals surface area contributed by atoms with E-state index in [4.69, 9.17) is 9.47 Å². The number of amides is 1. The van der Waals surface area contributed by atoms with E-state index in [-0.39, 0.29) is 12.0 Å². The van der Waals surface area contributed by atoms with Gasteiger partial charge >= 0.3 is 0 Å². The zero-order valence-corrected chi connectivity index (χ0v) is 16.5. The Labute approximate surface area is 162 Å². The first kappa shape index (κ1) is 19.4. The fraction of sp³-hybridized carbons (Fsp3) is 0.435. The molecule has 0 saturated carbocycles. The highest BCUT2D eigenvalue weighted by Gasteiger charge is 2.23. The molecule has 1 heterocycles. The van der Waals surface area contributed by atoms with Crippen LogP contribution in [0.2, 0.25) is 0 Å². The van der Waals surface area contributed by atoms with Crippen LogP contribution in [-0.4, -0.2) is 37.2 Å². The van der Waals surface area contributed by atoms with Crippen LogP contribution in [0.25, 0.3) is 0 Å². The monoisotopic (exact) mass is 367 g/mol. The molecule has 4 nitrogen and oxygen atoms in total. The Balaban J connectivity index is 1.77. The van der Waals surface area contributed by atoms with E-state index in [1.54, 1.807) is 7.11 Å². The SMILES string of the molecule is COc1cccc(CN(CC2CCCO2)C(=O)Cc2cc(C)ccc2C)c1. The molecular weight excluding hydrogens is 338 g/mol. The third kappa shape index (κ3) is 5.33. The van der Waals surface area contributed by atoms with E-state index in [2.05, 4.69) is 32.0 Å². The third-order valence-corrected chi connectivity index (χ3v) is 5.15. The molecule has 27 heavy (non-hydrogen) atoms. The van der Waals surface area contributed by atoms with E-state index in [1.165, 1.54) is 5.56 Å². The van der Waals surface area contributed by atoms with Crippen LogP contribution in [-0.2, 0) is 22.5 Å². The fourth-order valence-corrected chi connectivity index (χ4v) is 3.55. The lowest BCUT2D eigenvalue weighted by Crippen LogP contribution is -2.38. The topological polar surface area (TPSA) is 38.8 Å². The van der Waals surface area contributed by atoms with Gasteiger partial charge in [0.05, 0.1) is 19.6 Å². The van der Waals surface area contributed by atoms with E-state index >= 15 is 0 Å². The van der Waals surface area contributed by atoms with Gasteiger partial charge < -0.3 is 14.4 Å². The van der Waals surface area contributed by atoms with E-state index < -0.39 is 0 Å². The van der Waals surface area contributed by atoms with Crippen molar-refractivity contribution in [1.82, 2.24) is 4.90 Å². The largest absolute Gasteiger partial charge is 0.497 e. The summed E-state index contributed by atoms with van der Waals surface area (Å²) in [6.45, 7) is 6.13. The third-order valence-electron chi connectivity index (χ3n) is 5.15. The minimum Gasteiger partial charge on any atom is -0.497 e. The smallest absolute Gasteiger partial charge is 0.227 e. The van der Waals surface area contributed by atoms with Gasteiger partial charge in [-0.25, -0.2) is 0 Å². The molecule has 1 fully saturated rings. The molecule has 1 aliphatic heterocycles. The van der Waals surface area contributed by atoms with Crippen molar-refractivity contribution in [1.29, 1.82) is 0 Å². The van der Waals surface area contributed by atoms with Crippen molar-refractivity contribution >= 4 is 5.91 Å². The Bertz CT molecular complexity index is 781. The van der Waals surface area contributed by atoms with Crippen molar-refractivity contribution in [3.8, 4) is 5.75 Å². The van der Waals surface area contributed by atoms with Gasteiger partial charge in [0.25, 0.3) is 0 Å². The Kier molecular flexibility index (Phi) is 6.51. The second-order valence-electron chi connectivity index (χ2n) is 7.37. The lowest BCUT2D eigenvalue weighted by atomic mass is 10.0. The molecule has 0 N–H and O–H groups in total. The first-order chi connectivity index (χ1) is 13.0. The van der Waals surface area contributed by atoms with Gasteiger partial charge in [0.15, 0.2) is 0 Å². The second kappa shape index (κ2) is 9.05. The average molecular weight is 367 g/mol. The van der Waals surface area contributed by atoms with Gasteiger partial charge in [-0.15, -0.1) is 0 Å². The average Bonchev–Trinajstić information content (AvgIpc) is 3.17. The molecule has 0 bridgehead atoms. The molecule has 4 heteroatoms. The van der Waals surface area contributed by atoms with Crippen LogP contribution in [0.1, 0.15) is 35.1 Å². The highest BCUT2D eigenvalue weighted by Crippen LogP contribution is 2.20. The van der Waals surface area contributed by atoms with Crippen LogP contribution >= 0.6 is 0 Å². The van der Waals surface area contributed by atoms with E-state index in [0.29, 0.717) is 19.5 Å². The summed E-state index contributed by atoms with van der Waals surface area (Å²) in [6, 6.07) is 14.2. The zero-order valence-electron chi connectivity index (χ0n) is 16.5. The van der Waals surface area contributed by atoms with Gasteiger partial charge in [0.1, 0.15) is 5.75 Å². The van der Waals surface area contributed by atoms with Crippen LogP contribution in [0.5, 0.6) is 5.75 Å². The number of hydrogen-bond acceptors (Lipinski definition) is 3. The van der Waals surface area contributed by atoms with E-state index in [0.717, 1.165) is 41.9 Å². The fourth-order valence-electron chi connectivity index (χ4n) is 3.55. The van der Waals surface area contributed by atoms with Gasteiger partial charge in [0, 0.05) is 19.7 Å². The lowest BCUT2D eigenvalue weighted by Gasteiger charge is -2.26. The molecule has 1 unspecified atom stereocenters. The predicted molar refractivity (Wildman–Crippen MR) is 107 cm³/mol. The van der Waals surface area contributed by atoms with Gasteiger partial charge in [0.2, 0.25) is 5.91 Å². The number of aryl methyl sites for hydroxylation is 2. The summed E-state index contributed by atoms with van der Waals surface area (Å²) < 4.78 is 11.1. The van der Waals surface area contributed by atoms with Crippen molar-refractivity contribution in [2.45, 2.75) is 45.8 Å². The predicted octanol–water partition coefficient (Wildman–Crippen LogP) is 4.06. The second-order valence-corrected chi connectivity index (χ2v) is 7.37. The standard InChI is InChI=1S/C23H29NO3/c1-17-9-10-18(2)20(12-17)14-23(25)24(16-22-8-5-11-27-22)15-19-6-4-7-21(13-19)26-3/h4,6-7,9-10,12-13,22H,5,8,11,14-16H2,1-3H3. The molecule has 2 aromatic rings. The van der Waals surface area contributed by atoms with E-state index in [9.17, 15) is 4.79 Å². The first-order valence-corrected chi connectivity index (χ1v) is 9.63. The van der Waals surface area contributed by atoms with E-state index in [1.807, 2.05) is 29.2 Å². The number of methoxy groups -OCH3 is 1. The minimum absolute atomic E-state index is 0.137. The maximum absolute atomic E-state index is 13.2. The molecule has 1 atom stereocenters. The molecular formula is C23H29NO3. The summed E-state index contributed by atoms with van der Waals surface area (Å²) in [5.74, 6) is 0.952. The molecule has 0 spiro atoms. The van der Waals surface area contributed by atoms with Crippen LogP contribution < -0.4 is 4.74 Å². The van der Waals surface area contributed by atoms with Gasteiger partial charge in [-0.05, 0) is 55.5 Å². The van der Waals surface area contributed by atoms with Crippen molar-refractivity contribution in [2.24, 2.45) is 0 Å². The number of rotatable bonds is 7. The number of hydrogen-bond donors (Lipinski definition) is 0. The van der Waals surface area contributed by atoms with Gasteiger partial charge in [-0.1, -0.05) is 35.9 Å². The Hall–Kier alpha value is -2.33. The Morgan fingerprint density at radius 2 is 2.07 bits per heavy atom. The molecule has 144 valence electrons. The molecule has 3 rings (SSSR count). The van der Waals surface area contributed by atoms with Crippen molar-refractivity contribution in [2.75, 3.05) is 20.3 Å². The summed E-state index contributed by atoms with van der Waals surface area (Å²) in [5, 5.41) is 0. The number of benzene rings is 2. The number of nitrogens with zero attached hydrogens (tertiary/aromatic N) is 1. The minimum atomic E-state index is 0.137. The Morgan fingerprint density at radius 3 is 2.81 bits per heavy atom. The summed E-state index contributed by atoms with van der Waals surface area (Å²) >= 11 is 0. The summed E-state index contributed by atoms with van der Waals surface area (Å²) in [4.78, 5) is 15.1. The quantitative estimate of drug-likeness (QED) is 0.741. The number of ether oxygens (including phenoxy) is 2. The summed E-state index contributed by atoms with van der Waals surface area (Å²) in [5.41, 5.74) is 4.51. The zero-order chi connectivity index (χ0) is 19.2. The van der Waals surface area contributed by atoms with Crippen LogP contribution in [0, 0.1) is 13.8 Å². The molecule has 1 saturated heterocycles. The maximum atomic E-state index is 13.2. The normalized spacial score (nSPS) is 16.3. The number of carbonyl (C=O) groups excluding carboxylic acids is 1. The molecule has 1 aliphatic rings. The van der Waals surface area contributed by atoms with Crippen LogP contribution in [0.15, 0.2) is 42.5 Å². The highest BCUT2D eigenvalue weighted by molar-refractivity contribution is 5.79. The van der Waals surface area contributed by atoms with Crippen LogP contribution in [0.3, 0.4) is 0 Å². The molecule has 2 aromatic carbocycles. The summed E-state index contributed by atoms with van der Waals surface area (Å²) in [6.07, 6.45) is 2.65. The first-order valence-electron chi connectivity index (χ1n) is 9.63. The molecule has 1 amide bonds. The van der Waals surface area contributed by atoms with Crippen molar-refractivity contribution in [3.05, 3.63) is 64.7 Å². The lowest BCUT2D eigenvalue weighted by molar-refractivity contribution is -0.132. The van der Waals surface area contributed by atoms with Crippen LogP contribution in [0.4, 0.5) is 0 Å². The molecule has 0 radical (unpaired) electrons. The highest BCUT2D eigenvalue weighted by atomic mass is 16.5. The summed E-state index contributed by atoms with van der Waals surface area (Å²) in [7, 11) is 1.66. The molecule has 0 aliphatic carbocycles. The van der Waals surface area contributed by atoms with Crippen molar-refractivity contribution in [3.63, 3.8) is 0 Å².